The van der Waals surface area contributed by atoms with Crippen molar-refractivity contribution in [1.82, 2.24) is 9.78 Å². The molecule has 16 heavy (non-hydrogen) atoms. The molecule has 0 atom stereocenters. The number of rotatable bonds is 2. The Morgan fingerprint density at radius 2 is 2.25 bits per heavy atom. The lowest BCUT2D eigenvalue weighted by molar-refractivity contribution is 0.620. The minimum absolute atomic E-state index is 0.0395. The number of hydrogen-bond acceptors (Lipinski definition) is 3. The second-order valence-corrected chi connectivity index (χ2v) is 3.36. The maximum Gasteiger partial charge on any atom is 0.145 e. The van der Waals surface area contributed by atoms with Crippen LogP contribution in [-0.2, 0) is 6.54 Å². The monoisotopic (exact) mass is 216 g/mol. The highest BCUT2D eigenvalue weighted by Gasteiger charge is 2.03. The van der Waals surface area contributed by atoms with Crippen molar-refractivity contribution in [3.63, 3.8) is 0 Å². The van der Waals surface area contributed by atoms with Crippen LogP contribution < -0.4 is 5.73 Å². The largest absolute Gasteiger partial charge is 0.382 e. The Kier molecular flexibility index (Phi) is 2.56. The molecular weight excluding hydrogens is 207 g/mol. The summed E-state index contributed by atoms with van der Waals surface area (Å²) in [6.07, 6.45) is 1.73. The number of halogens is 1. The smallest absolute Gasteiger partial charge is 0.145 e. The maximum absolute atomic E-state index is 13.0. The third-order valence-corrected chi connectivity index (χ3v) is 2.16. The molecule has 4 nitrogen and oxygen atoms in total. The summed E-state index contributed by atoms with van der Waals surface area (Å²) in [6.45, 7) is 0.464. The van der Waals surface area contributed by atoms with Crippen LogP contribution in [0.2, 0.25) is 0 Å². The van der Waals surface area contributed by atoms with Crippen molar-refractivity contribution in [2.24, 2.45) is 0 Å². The average molecular weight is 216 g/mol. The van der Waals surface area contributed by atoms with E-state index < -0.39 is 5.82 Å². The van der Waals surface area contributed by atoms with Gasteiger partial charge in [-0.05, 0) is 23.8 Å². The second-order valence-electron chi connectivity index (χ2n) is 3.36. The van der Waals surface area contributed by atoms with E-state index in [0.29, 0.717) is 12.4 Å². The van der Waals surface area contributed by atoms with E-state index in [9.17, 15) is 4.39 Å². The van der Waals surface area contributed by atoms with E-state index in [1.807, 2.05) is 0 Å². The predicted octanol–water partition coefficient (Wildman–Crippen LogP) is 1.52. The molecule has 0 amide bonds. The Labute approximate surface area is 91.7 Å². The van der Waals surface area contributed by atoms with E-state index in [1.165, 1.54) is 12.1 Å². The van der Waals surface area contributed by atoms with Crippen molar-refractivity contribution in [2.45, 2.75) is 6.54 Å². The van der Waals surface area contributed by atoms with Gasteiger partial charge in [0, 0.05) is 6.20 Å². The van der Waals surface area contributed by atoms with E-state index in [4.69, 9.17) is 11.0 Å². The fourth-order valence-electron chi connectivity index (χ4n) is 1.41. The summed E-state index contributed by atoms with van der Waals surface area (Å²) in [4.78, 5) is 0. The van der Waals surface area contributed by atoms with Crippen LogP contribution in [0.4, 0.5) is 10.2 Å². The molecule has 0 saturated carbocycles. The van der Waals surface area contributed by atoms with Crippen LogP contribution in [0.1, 0.15) is 11.1 Å². The number of nitriles is 1. The van der Waals surface area contributed by atoms with Crippen LogP contribution in [-0.4, -0.2) is 9.78 Å². The van der Waals surface area contributed by atoms with Gasteiger partial charge < -0.3 is 5.73 Å². The zero-order valence-electron chi connectivity index (χ0n) is 8.39. The summed E-state index contributed by atoms with van der Waals surface area (Å²) in [6, 6.07) is 7.88. The molecule has 2 aromatic rings. The molecule has 0 fully saturated rings. The normalized spacial score (nSPS) is 10.0. The van der Waals surface area contributed by atoms with Crippen LogP contribution in [0, 0.1) is 17.1 Å². The molecule has 0 spiro atoms. The predicted molar refractivity (Wildman–Crippen MR) is 56.9 cm³/mol. The molecule has 0 radical (unpaired) electrons. The molecule has 0 aliphatic carbocycles. The Morgan fingerprint density at radius 3 is 2.88 bits per heavy atom. The molecule has 1 aromatic carbocycles. The van der Waals surface area contributed by atoms with Gasteiger partial charge in [-0.25, -0.2) is 4.39 Å². The molecule has 2 rings (SSSR count). The molecule has 0 bridgehead atoms. The lowest BCUT2D eigenvalue weighted by Gasteiger charge is -2.02. The molecule has 2 N–H and O–H groups in total. The van der Waals surface area contributed by atoms with Gasteiger partial charge in [-0.1, -0.05) is 6.07 Å². The van der Waals surface area contributed by atoms with Crippen LogP contribution >= 0.6 is 0 Å². The van der Waals surface area contributed by atoms with Crippen molar-refractivity contribution in [2.75, 3.05) is 5.73 Å². The van der Waals surface area contributed by atoms with Gasteiger partial charge in [0.25, 0.3) is 0 Å². The second kappa shape index (κ2) is 4.03. The van der Waals surface area contributed by atoms with Crippen molar-refractivity contribution in [3.8, 4) is 6.07 Å². The number of nitrogens with zero attached hydrogens (tertiary/aromatic N) is 3. The first-order valence-electron chi connectivity index (χ1n) is 4.66. The first-order valence-corrected chi connectivity index (χ1v) is 4.66. The van der Waals surface area contributed by atoms with Gasteiger partial charge in [0.05, 0.1) is 12.1 Å². The van der Waals surface area contributed by atoms with E-state index in [1.54, 1.807) is 29.1 Å². The lowest BCUT2D eigenvalue weighted by Crippen LogP contribution is -2.02. The lowest BCUT2D eigenvalue weighted by atomic mass is 10.1. The van der Waals surface area contributed by atoms with E-state index in [-0.39, 0.29) is 5.56 Å². The third kappa shape index (κ3) is 2.01. The Balaban J connectivity index is 2.26. The SMILES string of the molecule is N#Cc1cc(Cn2ccc(N)n2)ccc1F. The van der Waals surface area contributed by atoms with Crippen molar-refractivity contribution < 1.29 is 4.39 Å². The molecular formula is C11H9FN4. The highest BCUT2D eigenvalue weighted by atomic mass is 19.1. The number of benzene rings is 1. The highest BCUT2D eigenvalue weighted by Crippen LogP contribution is 2.11. The summed E-state index contributed by atoms with van der Waals surface area (Å²) in [5.41, 5.74) is 6.31. The van der Waals surface area contributed by atoms with Crippen LogP contribution in [0.25, 0.3) is 0 Å². The molecule has 0 aliphatic rings. The molecule has 0 saturated heterocycles. The summed E-state index contributed by atoms with van der Waals surface area (Å²) >= 11 is 0. The van der Waals surface area contributed by atoms with E-state index in [0.717, 1.165) is 5.56 Å². The van der Waals surface area contributed by atoms with Gasteiger partial charge in [-0.3, -0.25) is 4.68 Å². The van der Waals surface area contributed by atoms with Crippen molar-refractivity contribution >= 4 is 5.82 Å². The number of hydrogen-bond donors (Lipinski definition) is 1. The van der Waals surface area contributed by atoms with Gasteiger partial charge in [0.2, 0.25) is 0 Å². The Morgan fingerprint density at radius 1 is 1.44 bits per heavy atom. The van der Waals surface area contributed by atoms with Crippen LogP contribution in [0.3, 0.4) is 0 Å². The van der Waals surface area contributed by atoms with Crippen molar-refractivity contribution in [3.05, 3.63) is 47.4 Å². The summed E-state index contributed by atoms with van der Waals surface area (Å²) in [7, 11) is 0. The third-order valence-electron chi connectivity index (χ3n) is 2.16. The average Bonchev–Trinajstić information content (AvgIpc) is 2.67. The number of nitrogen functional groups attached to an aromatic ring is 1. The zero-order valence-corrected chi connectivity index (χ0v) is 8.39. The van der Waals surface area contributed by atoms with E-state index >= 15 is 0 Å². The van der Waals surface area contributed by atoms with Crippen LogP contribution in [0.5, 0.6) is 0 Å². The molecule has 0 unspecified atom stereocenters. The Bertz CT molecular complexity index is 553. The maximum atomic E-state index is 13.0. The summed E-state index contributed by atoms with van der Waals surface area (Å²) < 4.78 is 14.7. The minimum atomic E-state index is -0.508. The molecule has 80 valence electrons. The number of anilines is 1. The van der Waals surface area contributed by atoms with Gasteiger partial charge in [-0.2, -0.15) is 10.4 Å². The topological polar surface area (TPSA) is 67.6 Å². The minimum Gasteiger partial charge on any atom is -0.382 e. The van der Waals surface area contributed by atoms with Crippen LogP contribution in [0.15, 0.2) is 30.5 Å². The first kappa shape index (κ1) is 10.2. The fourth-order valence-corrected chi connectivity index (χ4v) is 1.41. The van der Waals surface area contributed by atoms with Gasteiger partial charge in [0.1, 0.15) is 17.7 Å². The molecule has 1 aromatic heterocycles. The fraction of sp³-hybridized carbons (Fsp3) is 0.0909. The quantitative estimate of drug-likeness (QED) is 0.827. The molecule has 1 heterocycles. The standard InChI is InChI=1S/C11H9FN4/c12-10-2-1-8(5-9(10)6-13)7-16-4-3-11(14)15-16/h1-5H,7H2,(H2,14,15). The number of nitrogens with two attached hydrogens (primary N) is 1. The van der Waals surface area contributed by atoms with Gasteiger partial charge in [-0.15, -0.1) is 0 Å². The molecule has 5 heteroatoms. The highest BCUT2D eigenvalue weighted by molar-refractivity contribution is 5.34. The summed E-state index contributed by atoms with van der Waals surface area (Å²) in [5.74, 6) is -0.0751. The number of aromatic nitrogens is 2. The first-order chi connectivity index (χ1) is 7.69. The van der Waals surface area contributed by atoms with Gasteiger partial charge >= 0.3 is 0 Å². The Hall–Kier alpha value is -2.35. The van der Waals surface area contributed by atoms with Crippen molar-refractivity contribution in [1.29, 1.82) is 5.26 Å². The summed E-state index contributed by atoms with van der Waals surface area (Å²) in [5, 5.41) is 12.7. The van der Waals surface area contributed by atoms with Gasteiger partial charge in [0.15, 0.2) is 0 Å². The molecule has 0 aliphatic heterocycles. The zero-order chi connectivity index (χ0) is 11.5. The van der Waals surface area contributed by atoms with E-state index in [2.05, 4.69) is 5.10 Å².